The van der Waals surface area contributed by atoms with Gasteiger partial charge in [0.05, 0.1) is 6.54 Å². The Morgan fingerprint density at radius 2 is 2.26 bits per heavy atom. The molecule has 7 heteroatoms. The van der Waals surface area contributed by atoms with Crippen LogP contribution in [0.15, 0.2) is 0 Å². The Bertz CT molecular complexity index is 499. The van der Waals surface area contributed by atoms with E-state index in [-0.39, 0.29) is 24.3 Å². The van der Waals surface area contributed by atoms with Crippen molar-refractivity contribution in [1.82, 2.24) is 10.3 Å². The molecule has 1 amide bonds. The molecule has 0 aliphatic carbocycles. The van der Waals surface area contributed by atoms with Crippen molar-refractivity contribution in [3.63, 3.8) is 0 Å². The number of hydrogen-bond acceptors (Lipinski definition) is 6. The van der Waals surface area contributed by atoms with Crippen molar-refractivity contribution in [3.8, 4) is 12.3 Å². The Morgan fingerprint density at radius 1 is 1.58 bits per heavy atom. The molecular weight excluding hydrogens is 262 g/mol. The van der Waals surface area contributed by atoms with E-state index < -0.39 is 0 Å². The maximum Gasteiger partial charge on any atom is 0.266 e. The van der Waals surface area contributed by atoms with Crippen LogP contribution < -0.4 is 21.7 Å². The van der Waals surface area contributed by atoms with Gasteiger partial charge in [0, 0.05) is 19.1 Å². The predicted octanol–water partition coefficient (Wildman–Crippen LogP) is 0.0158. The van der Waals surface area contributed by atoms with Gasteiger partial charge in [0.1, 0.15) is 10.7 Å². The zero-order valence-electron chi connectivity index (χ0n) is 10.6. The number of carbonyl (C=O) groups excluding carboxylic acids is 1. The molecule has 0 unspecified atom stereocenters. The van der Waals surface area contributed by atoms with Gasteiger partial charge in [-0.05, 0) is 12.8 Å². The second kappa shape index (κ2) is 5.91. The van der Waals surface area contributed by atoms with Crippen molar-refractivity contribution < 1.29 is 4.79 Å². The molecule has 1 fully saturated rings. The third kappa shape index (κ3) is 3.16. The van der Waals surface area contributed by atoms with E-state index in [1.165, 1.54) is 11.3 Å². The first-order chi connectivity index (χ1) is 9.11. The van der Waals surface area contributed by atoms with E-state index in [9.17, 15) is 4.79 Å². The molecule has 0 bridgehead atoms. The highest BCUT2D eigenvalue weighted by atomic mass is 32.1. The van der Waals surface area contributed by atoms with Gasteiger partial charge in [0.2, 0.25) is 0 Å². The quantitative estimate of drug-likeness (QED) is 0.678. The lowest BCUT2D eigenvalue weighted by Gasteiger charge is -2.29. The predicted molar refractivity (Wildman–Crippen MR) is 77.1 cm³/mol. The fourth-order valence-electron chi connectivity index (χ4n) is 1.92. The lowest BCUT2D eigenvalue weighted by molar-refractivity contribution is 0.0963. The van der Waals surface area contributed by atoms with Crippen LogP contribution in [0.2, 0.25) is 0 Å². The standard InChI is InChI=1S/C12H17N5OS/c1-2-5-15-11(18)9-10(14)16-12(19-9)17-6-3-8(13)4-7-17/h1,8H,3-7,13-14H2,(H,15,18). The van der Waals surface area contributed by atoms with Crippen LogP contribution in [0.4, 0.5) is 10.9 Å². The number of hydrogen-bond donors (Lipinski definition) is 3. The van der Waals surface area contributed by atoms with Crippen molar-refractivity contribution >= 4 is 28.2 Å². The van der Waals surface area contributed by atoms with E-state index in [0.717, 1.165) is 31.1 Å². The van der Waals surface area contributed by atoms with Crippen LogP contribution in [0, 0.1) is 12.3 Å². The second-order valence-corrected chi connectivity index (χ2v) is 5.40. The molecule has 0 spiro atoms. The lowest BCUT2D eigenvalue weighted by Crippen LogP contribution is -2.39. The fourth-order valence-corrected chi connectivity index (χ4v) is 2.87. The molecule has 5 N–H and O–H groups in total. The van der Waals surface area contributed by atoms with E-state index >= 15 is 0 Å². The molecule has 102 valence electrons. The van der Waals surface area contributed by atoms with Crippen molar-refractivity contribution in [2.45, 2.75) is 18.9 Å². The van der Waals surface area contributed by atoms with Crippen LogP contribution in [0.1, 0.15) is 22.5 Å². The normalized spacial score (nSPS) is 16.1. The van der Waals surface area contributed by atoms with E-state index in [1.807, 2.05) is 0 Å². The summed E-state index contributed by atoms with van der Waals surface area (Å²) in [6.45, 7) is 1.88. The van der Waals surface area contributed by atoms with Gasteiger partial charge in [0.25, 0.3) is 5.91 Å². The maximum atomic E-state index is 11.8. The molecule has 0 atom stereocenters. The minimum absolute atomic E-state index is 0.185. The molecule has 1 aromatic heterocycles. The number of terminal acetylenes is 1. The molecule has 0 saturated carbocycles. The molecule has 1 aromatic rings. The topological polar surface area (TPSA) is 97.3 Å². The molecule has 19 heavy (non-hydrogen) atoms. The molecular formula is C12H17N5OS. The highest BCUT2D eigenvalue weighted by molar-refractivity contribution is 7.18. The van der Waals surface area contributed by atoms with Crippen LogP contribution in [0.5, 0.6) is 0 Å². The Labute approximate surface area is 116 Å². The average molecular weight is 279 g/mol. The van der Waals surface area contributed by atoms with Gasteiger partial charge in [-0.1, -0.05) is 17.3 Å². The van der Waals surface area contributed by atoms with E-state index in [0.29, 0.717) is 4.88 Å². The Balaban J connectivity index is 2.08. The summed E-state index contributed by atoms with van der Waals surface area (Å²) >= 11 is 1.29. The van der Waals surface area contributed by atoms with Gasteiger partial charge < -0.3 is 21.7 Å². The summed E-state index contributed by atoms with van der Waals surface area (Å²) in [5.41, 5.74) is 11.6. The molecule has 2 rings (SSSR count). The maximum absolute atomic E-state index is 11.8. The van der Waals surface area contributed by atoms with Gasteiger partial charge in [0.15, 0.2) is 5.13 Å². The summed E-state index contributed by atoms with van der Waals surface area (Å²) in [7, 11) is 0. The van der Waals surface area contributed by atoms with Crippen LogP contribution in [-0.2, 0) is 0 Å². The van der Waals surface area contributed by atoms with Crippen LogP contribution in [-0.4, -0.2) is 36.6 Å². The third-order valence-electron chi connectivity index (χ3n) is 3.01. The van der Waals surface area contributed by atoms with E-state index in [1.54, 1.807) is 0 Å². The summed E-state index contributed by atoms with van der Waals surface area (Å²) < 4.78 is 0. The van der Waals surface area contributed by atoms with Crippen LogP contribution in [0.3, 0.4) is 0 Å². The van der Waals surface area contributed by atoms with Crippen molar-refractivity contribution in [2.75, 3.05) is 30.3 Å². The molecule has 0 radical (unpaired) electrons. The number of nitrogens with one attached hydrogen (secondary N) is 1. The summed E-state index contributed by atoms with van der Waals surface area (Å²) in [6.07, 6.45) is 6.96. The first-order valence-electron chi connectivity index (χ1n) is 6.10. The second-order valence-electron chi connectivity index (χ2n) is 4.42. The number of nitrogen functional groups attached to an aromatic ring is 1. The van der Waals surface area contributed by atoms with Crippen molar-refractivity contribution in [2.24, 2.45) is 5.73 Å². The molecule has 1 aliphatic rings. The lowest BCUT2D eigenvalue weighted by atomic mass is 10.1. The van der Waals surface area contributed by atoms with Crippen LogP contribution in [0.25, 0.3) is 0 Å². The van der Waals surface area contributed by atoms with Gasteiger partial charge in [-0.2, -0.15) is 0 Å². The van der Waals surface area contributed by atoms with Gasteiger partial charge in [-0.3, -0.25) is 4.79 Å². The molecule has 0 aromatic carbocycles. The third-order valence-corrected chi connectivity index (χ3v) is 4.14. The fraction of sp³-hybridized carbons (Fsp3) is 0.500. The molecule has 2 heterocycles. The highest BCUT2D eigenvalue weighted by Gasteiger charge is 2.22. The SMILES string of the molecule is C#CCNC(=O)c1sc(N2CCC(N)CC2)nc1N. The molecule has 6 nitrogen and oxygen atoms in total. The minimum atomic E-state index is -0.270. The zero-order chi connectivity index (χ0) is 13.8. The van der Waals surface area contributed by atoms with Crippen molar-refractivity contribution in [1.29, 1.82) is 0 Å². The number of nitrogens with two attached hydrogens (primary N) is 2. The van der Waals surface area contributed by atoms with E-state index in [4.69, 9.17) is 17.9 Å². The number of rotatable bonds is 3. The number of thiazole rings is 1. The van der Waals surface area contributed by atoms with Crippen molar-refractivity contribution in [3.05, 3.63) is 4.88 Å². The Morgan fingerprint density at radius 3 is 2.89 bits per heavy atom. The largest absolute Gasteiger partial charge is 0.382 e. The summed E-state index contributed by atoms with van der Waals surface area (Å²) in [4.78, 5) is 18.6. The number of carbonyl (C=O) groups is 1. The Hall–Kier alpha value is -1.78. The summed E-state index contributed by atoms with van der Waals surface area (Å²) in [5, 5.41) is 3.36. The Kier molecular flexibility index (Phi) is 4.24. The average Bonchev–Trinajstić information content (AvgIpc) is 2.79. The number of anilines is 2. The number of piperidine rings is 1. The minimum Gasteiger partial charge on any atom is -0.382 e. The monoisotopic (exact) mass is 279 g/mol. The summed E-state index contributed by atoms with van der Waals surface area (Å²) in [5.74, 6) is 2.33. The van der Waals surface area contributed by atoms with Crippen LogP contribution >= 0.6 is 11.3 Å². The summed E-state index contributed by atoms with van der Waals surface area (Å²) in [6, 6.07) is 0.256. The first-order valence-corrected chi connectivity index (χ1v) is 6.92. The number of aromatic nitrogens is 1. The highest BCUT2D eigenvalue weighted by Crippen LogP contribution is 2.29. The first kappa shape index (κ1) is 13.6. The molecule has 1 saturated heterocycles. The van der Waals surface area contributed by atoms with Gasteiger partial charge >= 0.3 is 0 Å². The smallest absolute Gasteiger partial charge is 0.266 e. The number of nitrogens with zero attached hydrogens (tertiary/aromatic N) is 2. The zero-order valence-corrected chi connectivity index (χ0v) is 11.4. The number of amides is 1. The van der Waals surface area contributed by atoms with Gasteiger partial charge in [-0.25, -0.2) is 4.98 Å². The molecule has 1 aliphatic heterocycles. The van der Waals surface area contributed by atoms with Gasteiger partial charge in [-0.15, -0.1) is 6.42 Å². The van der Waals surface area contributed by atoms with E-state index in [2.05, 4.69) is 21.1 Å².